The highest BCUT2D eigenvalue weighted by Crippen LogP contribution is 2.22. The van der Waals surface area contributed by atoms with Crippen molar-refractivity contribution in [2.45, 2.75) is 25.9 Å². The van der Waals surface area contributed by atoms with Crippen LogP contribution >= 0.6 is 0 Å². The van der Waals surface area contributed by atoms with Crippen molar-refractivity contribution in [3.8, 4) is 0 Å². The smallest absolute Gasteiger partial charge is 0.328 e. The number of hydrogen-bond acceptors (Lipinski definition) is 3. The minimum absolute atomic E-state index is 0.0329. The Morgan fingerprint density at radius 3 is 3.00 bits per heavy atom. The number of nitrogens with zero attached hydrogens (tertiary/aromatic N) is 1. The average Bonchev–Trinajstić information content (AvgIpc) is 2.39. The van der Waals surface area contributed by atoms with Gasteiger partial charge in [0.15, 0.2) is 0 Å². The van der Waals surface area contributed by atoms with Gasteiger partial charge in [-0.25, -0.2) is 4.79 Å². The van der Waals surface area contributed by atoms with E-state index in [2.05, 4.69) is 24.8 Å². The minimum atomic E-state index is -0.926. The molecule has 1 N–H and O–H groups in total. The zero-order chi connectivity index (χ0) is 14.6. The first-order valence-electron chi connectivity index (χ1n) is 6.80. The third-order valence-corrected chi connectivity index (χ3v) is 3.56. The van der Waals surface area contributed by atoms with Crippen molar-refractivity contribution in [2.24, 2.45) is 0 Å². The summed E-state index contributed by atoms with van der Waals surface area (Å²) in [6.45, 7) is 7.64. The van der Waals surface area contributed by atoms with Crippen molar-refractivity contribution in [3.05, 3.63) is 41.5 Å². The number of benzene rings is 1. The maximum absolute atomic E-state index is 10.6. The van der Waals surface area contributed by atoms with E-state index < -0.39 is 5.97 Å². The highest BCUT2D eigenvalue weighted by molar-refractivity contribution is 5.85. The molecule has 20 heavy (non-hydrogen) atoms. The molecule has 108 valence electrons. The molecule has 0 aromatic heterocycles. The van der Waals surface area contributed by atoms with Crippen LogP contribution in [0.15, 0.2) is 30.3 Å². The van der Waals surface area contributed by atoms with Gasteiger partial charge in [0, 0.05) is 24.7 Å². The summed E-state index contributed by atoms with van der Waals surface area (Å²) in [5, 5.41) is 8.66. The van der Waals surface area contributed by atoms with Crippen molar-refractivity contribution >= 4 is 12.0 Å². The van der Waals surface area contributed by atoms with E-state index in [1.807, 2.05) is 18.2 Å². The van der Waals surface area contributed by atoms with Gasteiger partial charge < -0.3 is 9.84 Å². The Balaban J connectivity index is 2.09. The molecule has 1 aromatic carbocycles. The molecule has 0 saturated carbocycles. The lowest BCUT2D eigenvalue weighted by atomic mass is 10.0. The molecule has 4 heteroatoms. The van der Waals surface area contributed by atoms with Gasteiger partial charge in [-0.2, -0.15) is 0 Å². The van der Waals surface area contributed by atoms with Gasteiger partial charge in [-0.05, 0) is 31.1 Å². The molecule has 0 amide bonds. The summed E-state index contributed by atoms with van der Waals surface area (Å²) in [5.41, 5.74) is 2.13. The number of hydrogen-bond donors (Lipinski definition) is 1. The van der Waals surface area contributed by atoms with E-state index in [0.717, 1.165) is 37.9 Å². The molecule has 0 unspecified atom stereocenters. The number of carboxylic acid groups (broad SMARTS) is 1. The zero-order valence-corrected chi connectivity index (χ0v) is 12.0. The first-order valence-corrected chi connectivity index (χ1v) is 6.80. The lowest BCUT2D eigenvalue weighted by molar-refractivity contribution is -0.131. The number of carbonyl (C=O) groups is 1. The second-order valence-electron chi connectivity index (χ2n) is 5.70. The summed E-state index contributed by atoms with van der Waals surface area (Å²) in [6.07, 6.45) is 2.79. The molecule has 1 aromatic rings. The average molecular weight is 275 g/mol. The monoisotopic (exact) mass is 275 g/mol. The highest BCUT2D eigenvalue weighted by Gasteiger charge is 2.30. The van der Waals surface area contributed by atoms with Crippen molar-refractivity contribution in [3.63, 3.8) is 0 Å². The summed E-state index contributed by atoms with van der Waals surface area (Å²) in [7, 11) is 0. The van der Waals surface area contributed by atoms with Crippen LogP contribution in [0.3, 0.4) is 0 Å². The molecule has 1 aliphatic rings. The molecule has 0 bridgehead atoms. The van der Waals surface area contributed by atoms with Crippen molar-refractivity contribution in [2.75, 3.05) is 19.8 Å². The molecule has 2 rings (SSSR count). The van der Waals surface area contributed by atoms with Crippen LogP contribution in [0.25, 0.3) is 6.08 Å². The lowest BCUT2D eigenvalue weighted by Crippen LogP contribution is -2.52. The van der Waals surface area contributed by atoms with Gasteiger partial charge in [-0.3, -0.25) is 4.90 Å². The van der Waals surface area contributed by atoms with Gasteiger partial charge in [-0.1, -0.05) is 24.3 Å². The second-order valence-corrected chi connectivity index (χ2v) is 5.70. The fraction of sp³-hybridized carbons (Fsp3) is 0.438. The van der Waals surface area contributed by atoms with Crippen LogP contribution in [0, 0.1) is 0 Å². The first kappa shape index (κ1) is 14.8. The maximum Gasteiger partial charge on any atom is 0.328 e. The summed E-state index contributed by atoms with van der Waals surface area (Å²) in [5.74, 6) is -0.926. The Hall–Kier alpha value is -1.65. The predicted octanol–water partition coefficient (Wildman–Crippen LogP) is 2.40. The van der Waals surface area contributed by atoms with Crippen LogP contribution in [0.1, 0.15) is 25.0 Å². The van der Waals surface area contributed by atoms with Crippen molar-refractivity contribution < 1.29 is 14.6 Å². The topological polar surface area (TPSA) is 49.8 Å². The molecule has 0 spiro atoms. The zero-order valence-electron chi connectivity index (χ0n) is 12.0. The Morgan fingerprint density at radius 1 is 1.50 bits per heavy atom. The Kier molecular flexibility index (Phi) is 4.57. The van der Waals surface area contributed by atoms with Crippen LogP contribution in [-0.4, -0.2) is 41.3 Å². The third kappa shape index (κ3) is 3.92. The van der Waals surface area contributed by atoms with E-state index in [-0.39, 0.29) is 5.54 Å². The van der Waals surface area contributed by atoms with Gasteiger partial charge >= 0.3 is 5.97 Å². The molecular formula is C16H21NO3. The highest BCUT2D eigenvalue weighted by atomic mass is 16.5. The van der Waals surface area contributed by atoms with Gasteiger partial charge in [0.1, 0.15) is 0 Å². The number of rotatable bonds is 4. The molecule has 1 heterocycles. The Bertz CT molecular complexity index is 508. The van der Waals surface area contributed by atoms with E-state index >= 15 is 0 Å². The molecular weight excluding hydrogens is 254 g/mol. The molecule has 1 fully saturated rings. The van der Waals surface area contributed by atoms with Crippen LogP contribution in [0.5, 0.6) is 0 Å². The maximum atomic E-state index is 10.6. The molecule has 0 atom stereocenters. The van der Waals surface area contributed by atoms with Crippen LogP contribution in [0.2, 0.25) is 0 Å². The summed E-state index contributed by atoms with van der Waals surface area (Å²) >= 11 is 0. The van der Waals surface area contributed by atoms with E-state index in [9.17, 15) is 4.79 Å². The molecule has 0 aliphatic carbocycles. The second kappa shape index (κ2) is 6.20. The first-order chi connectivity index (χ1) is 9.47. The van der Waals surface area contributed by atoms with Crippen LogP contribution in [-0.2, 0) is 16.1 Å². The molecule has 4 nitrogen and oxygen atoms in total. The lowest BCUT2D eigenvalue weighted by Gasteiger charge is -2.42. The van der Waals surface area contributed by atoms with E-state index in [4.69, 9.17) is 9.84 Å². The van der Waals surface area contributed by atoms with E-state index in [1.54, 1.807) is 6.08 Å². The number of aliphatic carboxylic acids is 1. The summed E-state index contributed by atoms with van der Waals surface area (Å²) < 4.78 is 5.52. The van der Waals surface area contributed by atoms with E-state index in [0.29, 0.717) is 0 Å². The fourth-order valence-corrected chi connectivity index (χ4v) is 2.37. The fourth-order valence-electron chi connectivity index (χ4n) is 2.37. The Labute approximate surface area is 119 Å². The third-order valence-electron chi connectivity index (χ3n) is 3.56. The van der Waals surface area contributed by atoms with Gasteiger partial charge in [0.2, 0.25) is 0 Å². The number of morpholine rings is 1. The summed E-state index contributed by atoms with van der Waals surface area (Å²) in [4.78, 5) is 12.9. The standard InChI is InChI=1S/C16H21NO3/c1-16(2)12-20-9-8-17(16)11-14-5-3-4-13(10-14)6-7-15(18)19/h3-7,10H,8-9,11-12H2,1-2H3,(H,18,19). The Morgan fingerprint density at radius 2 is 2.30 bits per heavy atom. The minimum Gasteiger partial charge on any atom is -0.478 e. The predicted molar refractivity (Wildman–Crippen MR) is 78.4 cm³/mol. The number of ether oxygens (including phenoxy) is 1. The number of carboxylic acids is 1. The SMILES string of the molecule is CC1(C)COCCN1Cc1cccc(C=CC(=O)O)c1. The summed E-state index contributed by atoms with van der Waals surface area (Å²) in [6, 6.07) is 7.98. The van der Waals surface area contributed by atoms with E-state index in [1.165, 1.54) is 5.56 Å². The van der Waals surface area contributed by atoms with Crippen molar-refractivity contribution in [1.82, 2.24) is 4.90 Å². The largest absolute Gasteiger partial charge is 0.478 e. The van der Waals surface area contributed by atoms with Crippen LogP contribution < -0.4 is 0 Å². The van der Waals surface area contributed by atoms with Gasteiger partial charge in [0.05, 0.1) is 13.2 Å². The van der Waals surface area contributed by atoms with Crippen molar-refractivity contribution in [1.29, 1.82) is 0 Å². The molecule has 1 aliphatic heterocycles. The molecule has 0 radical (unpaired) electrons. The normalized spacial score (nSPS) is 19.3. The van der Waals surface area contributed by atoms with Crippen LogP contribution in [0.4, 0.5) is 0 Å². The quantitative estimate of drug-likeness (QED) is 0.857. The van der Waals surface area contributed by atoms with Gasteiger partial charge in [-0.15, -0.1) is 0 Å². The van der Waals surface area contributed by atoms with Gasteiger partial charge in [0.25, 0.3) is 0 Å². The molecule has 1 saturated heterocycles.